The van der Waals surface area contributed by atoms with Gasteiger partial charge in [0.2, 0.25) is 0 Å². The van der Waals surface area contributed by atoms with Crippen molar-refractivity contribution in [3.63, 3.8) is 0 Å². The maximum absolute atomic E-state index is 4.76. The lowest BCUT2D eigenvalue weighted by Gasteiger charge is -2.28. The zero-order valence-electron chi connectivity index (χ0n) is 10.4. The summed E-state index contributed by atoms with van der Waals surface area (Å²) in [6.07, 6.45) is 0. The fourth-order valence-electron chi connectivity index (χ4n) is 2.55. The number of amidine groups is 1. The topological polar surface area (TPSA) is 15.6 Å². The SMILES string of the molecule is CC(C)C1CSC2=NCc3ccccc3CN21. The number of thioether (sulfide) groups is 1. The third-order valence-electron chi connectivity index (χ3n) is 3.64. The molecule has 0 N–H and O–H groups in total. The summed E-state index contributed by atoms with van der Waals surface area (Å²) in [5, 5.41) is 1.25. The van der Waals surface area contributed by atoms with E-state index in [9.17, 15) is 0 Å². The first-order valence-corrected chi connectivity index (χ1v) is 7.25. The van der Waals surface area contributed by atoms with Crippen molar-refractivity contribution in [3.8, 4) is 0 Å². The van der Waals surface area contributed by atoms with E-state index in [1.54, 1.807) is 0 Å². The average molecular weight is 246 g/mol. The van der Waals surface area contributed by atoms with Crippen LogP contribution in [0.1, 0.15) is 25.0 Å². The zero-order valence-corrected chi connectivity index (χ0v) is 11.2. The molecule has 0 bridgehead atoms. The summed E-state index contributed by atoms with van der Waals surface area (Å²) in [6, 6.07) is 9.34. The number of hydrogen-bond donors (Lipinski definition) is 0. The van der Waals surface area contributed by atoms with Crippen molar-refractivity contribution < 1.29 is 0 Å². The fraction of sp³-hybridized carbons (Fsp3) is 0.500. The molecule has 1 saturated heterocycles. The van der Waals surface area contributed by atoms with Crippen molar-refractivity contribution in [1.82, 2.24) is 4.90 Å². The number of aliphatic imine (C=N–C) groups is 1. The lowest BCUT2D eigenvalue weighted by molar-refractivity contribution is 0.278. The zero-order chi connectivity index (χ0) is 11.8. The predicted molar refractivity (Wildman–Crippen MR) is 74.2 cm³/mol. The van der Waals surface area contributed by atoms with Gasteiger partial charge in [-0.25, -0.2) is 0 Å². The summed E-state index contributed by atoms with van der Waals surface area (Å²) >= 11 is 1.92. The van der Waals surface area contributed by atoms with Crippen LogP contribution in [0.3, 0.4) is 0 Å². The molecule has 17 heavy (non-hydrogen) atoms. The van der Waals surface area contributed by atoms with Crippen LogP contribution in [0.25, 0.3) is 0 Å². The summed E-state index contributed by atoms with van der Waals surface area (Å²) in [5.74, 6) is 1.89. The van der Waals surface area contributed by atoms with Crippen molar-refractivity contribution in [2.45, 2.75) is 33.0 Å². The first kappa shape index (κ1) is 11.1. The number of fused-ring (bicyclic) bond motifs is 2. The summed E-state index contributed by atoms with van der Waals surface area (Å²) in [7, 11) is 0. The Hall–Kier alpha value is -0.960. The number of benzene rings is 1. The largest absolute Gasteiger partial charge is 0.343 e. The first-order valence-electron chi connectivity index (χ1n) is 6.26. The van der Waals surface area contributed by atoms with Crippen molar-refractivity contribution in [2.75, 3.05) is 5.75 Å². The van der Waals surface area contributed by atoms with Gasteiger partial charge in [-0.05, 0) is 17.0 Å². The van der Waals surface area contributed by atoms with Crippen LogP contribution in [0.15, 0.2) is 29.3 Å². The minimum Gasteiger partial charge on any atom is -0.343 e. The molecule has 0 amide bonds. The smallest absolute Gasteiger partial charge is 0.160 e. The van der Waals surface area contributed by atoms with E-state index in [2.05, 4.69) is 43.0 Å². The van der Waals surface area contributed by atoms with E-state index < -0.39 is 0 Å². The Morgan fingerprint density at radius 1 is 1.29 bits per heavy atom. The van der Waals surface area contributed by atoms with Gasteiger partial charge in [0, 0.05) is 18.3 Å². The van der Waals surface area contributed by atoms with Crippen LogP contribution in [-0.4, -0.2) is 21.9 Å². The predicted octanol–water partition coefficient (Wildman–Crippen LogP) is 3.13. The fourth-order valence-corrected chi connectivity index (χ4v) is 3.96. The Morgan fingerprint density at radius 2 is 2.06 bits per heavy atom. The normalized spacial score (nSPS) is 23.1. The molecule has 1 unspecified atom stereocenters. The molecule has 0 aliphatic carbocycles. The molecule has 0 radical (unpaired) electrons. The van der Waals surface area contributed by atoms with Gasteiger partial charge in [-0.2, -0.15) is 0 Å². The van der Waals surface area contributed by atoms with Crippen LogP contribution in [0.5, 0.6) is 0 Å². The summed E-state index contributed by atoms with van der Waals surface area (Å²) in [6.45, 7) is 6.50. The maximum Gasteiger partial charge on any atom is 0.160 e. The molecule has 1 fully saturated rings. The van der Waals surface area contributed by atoms with E-state index in [0.717, 1.165) is 13.1 Å². The monoisotopic (exact) mass is 246 g/mol. The van der Waals surface area contributed by atoms with E-state index in [-0.39, 0.29) is 0 Å². The molecule has 1 aromatic rings. The minimum absolute atomic E-state index is 0.643. The molecule has 0 aromatic heterocycles. The van der Waals surface area contributed by atoms with Crippen LogP contribution >= 0.6 is 11.8 Å². The Labute approximate surface area is 107 Å². The highest BCUT2D eigenvalue weighted by molar-refractivity contribution is 8.14. The first-order chi connectivity index (χ1) is 8.25. The van der Waals surface area contributed by atoms with Gasteiger partial charge >= 0.3 is 0 Å². The molecule has 2 heterocycles. The Balaban J connectivity index is 1.94. The molecular formula is C14H18N2S. The average Bonchev–Trinajstić information content (AvgIpc) is 2.63. The lowest BCUT2D eigenvalue weighted by Crippen LogP contribution is -2.36. The summed E-state index contributed by atoms with van der Waals surface area (Å²) in [5.41, 5.74) is 2.83. The van der Waals surface area contributed by atoms with Crippen molar-refractivity contribution >= 4 is 16.9 Å². The highest BCUT2D eigenvalue weighted by Crippen LogP contribution is 2.33. The number of nitrogens with zero attached hydrogens (tertiary/aromatic N) is 2. The third-order valence-corrected chi connectivity index (χ3v) is 4.77. The molecule has 1 aromatic carbocycles. The molecule has 0 saturated carbocycles. The molecule has 2 aliphatic heterocycles. The van der Waals surface area contributed by atoms with Gasteiger partial charge in [-0.1, -0.05) is 49.9 Å². The van der Waals surface area contributed by atoms with Crippen LogP contribution in [0.2, 0.25) is 0 Å². The van der Waals surface area contributed by atoms with Gasteiger partial charge in [0.05, 0.1) is 6.54 Å². The standard InChI is InChI=1S/C14H18N2S/c1-10(2)13-9-17-14-15-7-11-5-3-4-6-12(11)8-16(13)14/h3-6,10,13H,7-9H2,1-2H3. The van der Waals surface area contributed by atoms with E-state index in [1.165, 1.54) is 22.0 Å². The molecule has 90 valence electrons. The minimum atomic E-state index is 0.643. The Bertz CT molecular complexity index is 453. The Morgan fingerprint density at radius 3 is 2.82 bits per heavy atom. The van der Waals surface area contributed by atoms with Crippen molar-refractivity contribution in [3.05, 3.63) is 35.4 Å². The maximum atomic E-state index is 4.76. The quantitative estimate of drug-likeness (QED) is 0.756. The van der Waals surface area contributed by atoms with Gasteiger partial charge < -0.3 is 4.90 Å². The molecule has 2 aliphatic rings. The van der Waals surface area contributed by atoms with Crippen LogP contribution < -0.4 is 0 Å². The van der Waals surface area contributed by atoms with Crippen molar-refractivity contribution in [1.29, 1.82) is 0 Å². The van der Waals surface area contributed by atoms with Crippen LogP contribution in [0, 0.1) is 5.92 Å². The second-order valence-electron chi connectivity index (χ2n) is 5.12. The molecule has 0 spiro atoms. The molecule has 3 heteroatoms. The molecule has 1 atom stereocenters. The molecule has 2 nitrogen and oxygen atoms in total. The van der Waals surface area contributed by atoms with E-state index >= 15 is 0 Å². The lowest BCUT2D eigenvalue weighted by atomic mass is 10.0. The number of rotatable bonds is 1. The molecule has 3 rings (SSSR count). The highest BCUT2D eigenvalue weighted by Gasteiger charge is 2.33. The van der Waals surface area contributed by atoms with Crippen LogP contribution in [-0.2, 0) is 13.1 Å². The molecular weight excluding hydrogens is 228 g/mol. The van der Waals surface area contributed by atoms with Gasteiger partial charge in [-0.3, -0.25) is 4.99 Å². The van der Waals surface area contributed by atoms with Gasteiger partial charge in [0.25, 0.3) is 0 Å². The summed E-state index contributed by atoms with van der Waals surface area (Å²) < 4.78 is 0. The van der Waals surface area contributed by atoms with Crippen LogP contribution in [0.4, 0.5) is 0 Å². The van der Waals surface area contributed by atoms with Gasteiger partial charge in [-0.15, -0.1) is 0 Å². The van der Waals surface area contributed by atoms with Gasteiger partial charge in [0.15, 0.2) is 5.17 Å². The summed E-state index contributed by atoms with van der Waals surface area (Å²) in [4.78, 5) is 7.27. The van der Waals surface area contributed by atoms with E-state index in [4.69, 9.17) is 4.99 Å². The van der Waals surface area contributed by atoms with Gasteiger partial charge in [0.1, 0.15) is 0 Å². The van der Waals surface area contributed by atoms with E-state index in [1.807, 2.05) is 11.8 Å². The highest BCUT2D eigenvalue weighted by atomic mass is 32.2. The third kappa shape index (κ3) is 1.97. The Kier molecular flexibility index (Phi) is 2.87. The van der Waals surface area contributed by atoms with Crippen molar-refractivity contribution in [2.24, 2.45) is 10.9 Å². The second-order valence-corrected chi connectivity index (χ2v) is 6.10. The number of hydrogen-bond acceptors (Lipinski definition) is 3. The van der Waals surface area contributed by atoms with E-state index in [0.29, 0.717) is 12.0 Å². The second kappa shape index (κ2) is 4.37.